The second-order valence-corrected chi connectivity index (χ2v) is 3.38. The van der Waals surface area contributed by atoms with Crippen molar-refractivity contribution < 1.29 is 5.21 Å². The lowest BCUT2D eigenvalue weighted by atomic mass is 10.1. The first-order chi connectivity index (χ1) is 6.15. The molecule has 0 aliphatic heterocycles. The van der Waals surface area contributed by atoms with E-state index in [4.69, 9.17) is 28.4 Å². The predicted molar refractivity (Wildman–Crippen MR) is 50.1 cm³/mol. The molecule has 1 unspecified atom stereocenters. The zero-order valence-corrected chi connectivity index (χ0v) is 8.47. The molecule has 1 heterocycles. The van der Waals surface area contributed by atoms with Crippen molar-refractivity contribution in [3.05, 3.63) is 22.2 Å². The van der Waals surface area contributed by atoms with E-state index in [2.05, 4.69) is 15.4 Å². The zero-order chi connectivity index (χ0) is 9.84. The van der Waals surface area contributed by atoms with Gasteiger partial charge in [-0.05, 0) is 13.3 Å². The Labute approximate surface area is 85.9 Å². The van der Waals surface area contributed by atoms with Crippen molar-refractivity contribution in [2.45, 2.75) is 19.4 Å². The Hall–Kier alpha value is -0.420. The maximum atomic E-state index is 8.60. The van der Waals surface area contributed by atoms with Crippen molar-refractivity contribution in [2.75, 3.05) is 0 Å². The van der Waals surface area contributed by atoms with E-state index in [-0.39, 0.29) is 6.04 Å². The van der Waals surface area contributed by atoms with Gasteiger partial charge in [-0.2, -0.15) is 0 Å². The van der Waals surface area contributed by atoms with Crippen molar-refractivity contribution >= 4 is 23.2 Å². The zero-order valence-electron chi connectivity index (χ0n) is 6.96. The summed E-state index contributed by atoms with van der Waals surface area (Å²) in [6.45, 7) is 1.79. The van der Waals surface area contributed by atoms with Crippen LogP contribution < -0.4 is 5.48 Å². The molecule has 72 valence electrons. The van der Waals surface area contributed by atoms with E-state index in [1.807, 2.05) is 0 Å². The standard InChI is InChI=1S/C7H9Cl2N3O/c1-4(12-13)2-5-6(8)10-3-11-7(5)9/h3-4,12-13H,2H2,1H3. The lowest BCUT2D eigenvalue weighted by molar-refractivity contribution is 0.133. The molecule has 0 amide bonds. The van der Waals surface area contributed by atoms with Gasteiger partial charge in [0.05, 0.1) is 0 Å². The summed E-state index contributed by atoms with van der Waals surface area (Å²) in [6, 6.07) is -0.138. The number of halogens is 2. The number of hydrogen-bond donors (Lipinski definition) is 2. The highest BCUT2D eigenvalue weighted by Gasteiger charge is 2.11. The van der Waals surface area contributed by atoms with Crippen LogP contribution in [0.25, 0.3) is 0 Å². The van der Waals surface area contributed by atoms with Gasteiger partial charge in [-0.3, -0.25) is 0 Å². The quantitative estimate of drug-likeness (QED) is 0.603. The van der Waals surface area contributed by atoms with E-state index in [9.17, 15) is 0 Å². The maximum absolute atomic E-state index is 8.60. The number of aromatic nitrogens is 2. The third kappa shape index (κ3) is 2.77. The van der Waals surface area contributed by atoms with Gasteiger partial charge in [0.25, 0.3) is 0 Å². The van der Waals surface area contributed by atoms with Gasteiger partial charge in [-0.25, -0.2) is 15.4 Å². The van der Waals surface area contributed by atoms with Crippen LogP contribution in [0.1, 0.15) is 12.5 Å². The number of hydroxylamine groups is 1. The Morgan fingerprint density at radius 3 is 2.46 bits per heavy atom. The average Bonchev–Trinajstić information content (AvgIpc) is 2.11. The van der Waals surface area contributed by atoms with E-state index < -0.39 is 0 Å². The Morgan fingerprint density at radius 2 is 2.00 bits per heavy atom. The molecule has 6 heteroatoms. The molecule has 0 aromatic carbocycles. The van der Waals surface area contributed by atoms with Crippen LogP contribution in [0.15, 0.2) is 6.33 Å². The minimum atomic E-state index is -0.138. The van der Waals surface area contributed by atoms with Crippen molar-refractivity contribution in [2.24, 2.45) is 0 Å². The first kappa shape index (κ1) is 10.7. The lowest BCUT2D eigenvalue weighted by Gasteiger charge is -2.10. The smallest absolute Gasteiger partial charge is 0.137 e. The molecule has 1 atom stereocenters. The van der Waals surface area contributed by atoms with Gasteiger partial charge in [0.1, 0.15) is 16.6 Å². The molecule has 0 aliphatic rings. The monoisotopic (exact) mass is 221 g/mol. The summed E-state index contributed by atoms with van der Waals surface area (Å²) in [6.07, 6.45) is 1.78. The molecule has 0 saturated carbocycles. The van der Waals surface area contributed by atoms with Gasteiger partial charge in [-0.15, -0.1) is 0 Å². The molecule has 0 bridgehead atoms. The second-order valence-electron chi connectivity index (χ2n) is 2.67. The molecule has 1 rings (SSSR count). The van der Waals surface area contributed by atoms with E-state index in [1.165, 1.54) is 6.33 Å². The highest BCUT2D eigenvalue weighted by atomic mass is 35.5. The SMILES string of the molecule is CC(Cc1c(Cl)ncnc1Cl)NO. The molecule has 0 radical (unpaired) electrons. The fraction of sp³-hybridized carbons (Fsp3) is 0.429. The molecule has 13 heavy (non-hydrogen) atoms. The highest BCUT2D eigenvalue weighted by molar-refractivity contribution is 6.34. The van der Waals surface area contributed by atoms with Crippen LogP contribution in [-0.2, 0) is 6.42 Å². The summed E-state index contributed by atoms with van der Waals surface area (Å²) >= 11 is 11.6. The van der Waals surface area contributed by atoms with Crippen molar-refractivity contribution in [1.29, 1.82) is 0 Å². The highest BCUT2D eigenvalue weighted by Crippen LogP contribution is 2.20. The van der Waals surface area contributed by atoms with Crippen LogP contribution in [-0.4, -0.2) is 21.2 Å². The van der Waals surface area contributed by atoms with Crippen LogP contribution >= 0.6 is 23.2 Å². The number of nitrogens with one attached hydrogen (secondary N) is 1. The molecule has 0 spiro atoms. The first-order valence-corrected chi connectivity index (χ1v) is 4.45. The van der Waals surface area contributed by atoms with Crippen molar-refractivity contribution in [1.82, 2.24) is 15.4 Å². The maximum Gasteiger partial charge on any atom is 0.137 e. The summed E-state index contributed by atoms with van der Waals surface area (Å²) < 4.78 is 0. The average molecular weight is 222 g/mol. The Balaban J connectivity index is 2.87. The molecular formula is C7H9Cl2N3O. The summed E-state index contributed by atoms with van der Waals surface area (Å²) in [5.74, 6) is 0. The van der Waals surface area contributed by atoms with Crippen molar-refractivity contribution in [3.8, 4) is 0 Å². The third-order valence-corrected chi connectivity index (χ3v) is 2.22. The lowest BCUT2D eigenvalue weighted by Crippen LogP contribution is -2.24. The molecule has 0 aliphatic carbocycles. The van der Waals surface area contributed by atoms with E-state index in [1.54, 1.807) is 6.92 Å². The van der Waals surface area contributed by atoms with Crippen LogP contribution in [0.2, 0.25) is 10.3 Å². The molecule has 1 aromatic heterocycles. The fourth-order valence-electron chi connectivity index (χ4n) is 0.891. The van der Waals surface area contributed by atoms with Gasteiger partial charge in [0.2, 0.25) is 0 Å². The molecular weight excluding hydrogens is 213 g/mol. The molecule has 0 saturated heterocycles. The Kier molecular flexibility index (Phi) is 3.87. The summed E-state index contributed by atoms with van der Waals surface area (Å²) in [4.78, 5) is 7.58. The second kappa shape index (κ2) is 4.72. The number of nitrogens with zero attached hydrogens (tertiary/aromatic N) is 2. The minimum absolute atomic E-state index is 0.138. The summed E-state index contributed by atoms with van der Waals surface area (Å²) in [7, 11) is 0. The minimum Gasteiger partial charge on any atom is -0.317 e. The number of rotatable bonds is 3. The largest absolute Gasteiger partial charge is 0.317 e. The van der Waals surface area contributed by atoms with Crippen molar-refractivity contribution in [3.63, 3.8) is 0 Å². The van der Waals surface area contributed by atoms with Gasteiger partial charge in [0, 0.05) is 11.6 Å². The van der Waals surface area contributed by atoms with Gasteiger partial charge >= 0.3 is 0 Å². The van der Waals surface area contributed by atoms with Crippen LogP contribution in [0.5, 0.6) is 0 Å². The molecule has 0 fully saturated rings. The van der Waals surface area contributed by atoms with E-state index in [0.717, 1.165) is 0 Å². The van der Waals surface area contributed by atoms with Crippen LogP contribution in [0.3, 0.4) is 0 Å². The molecule has 2 N–H and O–H groups in total. The topological polar surface area (TPSA) is 58.0 Å². The van der Waals surface area contributed by atoms with Gasteiger partial charge in [0.15, 0.2) is 0 Å². The van der Waals surface area contributed by atoms with E-state index in [0.29, 0.717) is 22.3 Å². The van der Waals surface area contributed by atoms with E-state index >= 15 is 0 Å². The molecule has 4 nitrogen and oxygen atoms in total. The van der Waals surface area contributed by atoms with Crippen LogP contribution in [0.4, 0.5) is 0 Å². The Morgan fingerprint density at radius 1 is 1.46 bits per heavy atom. The summed E-state index contributed by atoms with van der Waals surface area (Å²) in [5, 5.41) is 9.24. The van der Waals surface area contributed by atoms with Gasteiger partial charge in [-0.1, -0.05) is 23.2 Å². The predicted octanol–water partition coefficient (Wildman–Crippen LogP) is 1.69. The fourth-order valence-corrected chi connectivity index (χ4v) is 1.36. The third-order valence-electron chi connectivity index (χ3n) is 1.57. The van der Waals surface area contributed by atoms with Gasteiger partial charge < -0.3 is 5.21 Å². The Bertz CT molecular complexity index is 275. The van der Waals surface area contributed by atoms with Crippen LogP contribution in [0, 0.1) is 0 Å². The first-order valence-electron chi connectivity index (χ1n) is 3.69. The number of hydrogen-bond acceptors (Lipinski definition) is 4. The summed E-state index contributed by atoms with van der Waals surface area (Å²) in [5.41, 5.74) is 2.73. The normalized spacial score (nSPS) is 12.9. The molecule has 1 aromatic rings.